The lowest BCUT2D eigenvalue weighted by atomic mass is 10.2. The minimum absolute atomic E-state index is 0.530. The number of aryl methyl sites for hydroxylation is 1. The molecule has 0 spiro atoms. The topological polar surface area (TPSA) is 34.0 Å². The third kappa shape index (κ3) is 4.35. The molecule has 108 valence electrons. The Kier molecular flexibility index (Phi) is 5.61. The molecule has 0 saturated carbocycles. The van der Waals surface area contributed by atoms with Crippen LogP contribution in [-0.4, -0.2) is 38.5 Å². The fourth-order valence-corrected chi connectivity index (χ4v) is 2.97. The first-order valence-corrected chi connectivity index (χ1v) is 7.86. The molecular formula is C15H22N4S. The van der Waals surface area contributed by atoms with Crippen LogP contribution in [0, 0.1) is 0 Å². The van der Waals surface area contributed by atoms with Crippen LogP contribution in [0.3, 0.4) is 0 Å². The fourth-order valence-electron chi connectivity index (χ4n) is 1.93. The predicted octanol–water partition coefficient (Wildman–Crippen LogP) is 2.82. The third-order valence-corrected chi connectivity index (χ3v) is 4.54. The molecule has 4 nitrogen and oxygen atoms in total. The zero-order valence-electron chi connectivity index (χ0n) is 12.4. The summed E-state index contributed by atoms with van der Waals surface area (Å²) in [6.45, 7) is 3.11. The highest BCUT2D eigenvalue weighted by Crippen LogP contribution is 2.19. The number of hydrogen-bond donors (Lipinski definition) is 0. The van der Waals surface area contributed by atoms with Crippen molar-refractivity contribution in [3.63, 3.8) is 0 Å². The van der Waals surface area contributed by atoms with Crippen LogP contribution in [0.4, 0.5) is 0 Å². The van der Waals surface area contributed by atoms with E-state index in [1.165, 1.54) is 4.90 Å². The van der Waals surface area contributed by atoms with Gasteiger partial charge in [0.05, 0.1) is 6.54 Å². The van der Waals surface area contributed by atoms with Gasteiger partial charge < -0.3 is 0 Å². The first-order chi connectivity index (χ1) is 9.66. The van der Waals surface area contributed by atoms with E-state index in [1.807, 2.05) is 23.5 Å². The Morgan fingerprint density at radius 2 is 2.05 bits per heavy atom. The van der Waals surface area contributed by atoms with Gasteiger partial charge in [-0.1, -0.05) is 18.2 Å². The normalized spacial score (nSPS) is 12.8. The van der Waals surface area contributed by atoms with Gasteiger partial charge in [-0.15, -0.1) is 11.8 Å². The van der Waals surface area contributed by atoms with Crippen molar-refractivity contribution in [2.24, 2.45) is 7.05 Å². The lowest BCUT2D eigenvalue weighted by Crippen LogP contribution is -2.30. The lowest BCUT2D eigenvalue weighted by Gasteiger charge is -2.23. The van der Waals surface area contributed by atoms with E-state index < -0.39 is 0 Å². The van der Waals surface area contributed by atoms with Gasteiger partial charge in [-0.25, -0.2) is 4.98 Å². The Bertz CT molecular complexity index is 512. The number of nitrogens with zero attached hydrogens (tertiary/aromatic N) is 4. The van der Waals surface area contributed by atoms with Crippen LogP contribution in [0.15, 0.2) is 41.6 Å². The van der Waals surface area contributed by atoms with Crippen LogP contribution >= 0.6 is 11.8 Å². The van der Waals surface area contributed by atoms with Crippen molar-refractivity contribution in [2.75, 3.05) is 12.8 Å². The van der Waals surface area contributed by atoms with Crippen molar-refractivity contribution in [1.82, 2.24) is 19.7 Å². The van der Waals surface area contributed by atoms with E-state index in [0.29, 0.717) is 6.04 Å². The number of hydrogen-bond acceptors (Lipinski definition) is 4. The maximum absolute atomic E-state index is 4.27. The van der Waals surface area contributed by atoms with Crippen LogP contribution < -0.4 is 0 Å². The summed E-state index contributed by atoms with van der Waals surface area (Å²) in [6, 6.07) is 11.1. The van der Waals surface area contributed by atoms with Crippen LogP contribution in [0.2, 0.25) is 0 Å². The first kappa shape index (κ1) is 15.1. The molecule has 0 bridgehead atoms. The van der Waals surface area contributed by atoms with Gasteiger partial charge in [0.25, 0.3) is 0 Å². The van der Waals surface area contributed by atoms with Crippen molar-refractivity contribution in [1.29, 1.82) is 0 Å². The SMILES string of the molecule is CC(CCSc1ccccc1)N(C)Cc1ncnn1C. The molecule has 0 saturated heterocycles. The molecule has 0 N–H and O–H groups in total. The van der Waals surface area contributed by atoms with Crippen molar-refractivity contribution in [3.05, 3.63) is 42.5 Å². The Labute approximate surface area is 125 Å². The molecule has 0 aliphatic carbocycles. The molecule has 1 aromatic carbocycles. The molecule has 0 fully saturated rings. The zero-order valence-corrected chi connectivity index (χ0v) is 13.2. The van der Waals surface area contributed by atoms with Gasteiger partial charge in [-0.05, 0) is 38.3 Å². The second-order valence-corrected chi connectivity index (χ2v) is 6.18. The molecule has 0 amide bonds. The summed E-state index contributed by atoms with van der Waals surface area (Å²) in [5.74, 6) is 2.14. The fraction of sp³-hybridized carbons (Fsp3) is 0.467. The van der Waals surface area contributed by atoms with Gasteiger partial charge in [0.1, 0.15) is 12.2 Å². The smallest absolute Gasteiger partial charge is 0.140 e. The maximum Gasteiger partial charge on any atom is 0.140 e. The summed E-state index contributed by atoms with van der Waals surface area (Å²) >= 11 is 1.92. The summed E-state index contributed by atoms with van der Waals surface area (Å²) in [5, 5.41) is 4.11. The summed E-state index contributed by atoms with van der Waals surface area (Å²) in [7, 11) is 4.08. The molecule has 5 heteroatoms. The standard InChI is InChI=1S/C15H22N4S/c1-13(9-10-20-14-7-5-4-6-8-14)18(2)11-15-16-12-17-19(15)3/h4-8,12-13H,9-11H2,1-3H3. The summed E-state index contributed by atoms with van der Waals surface area (Å²) < 4.78 is 1.84. The molecule has 2 aromatic rings. The van der Waals surface area contributed by atoms with Crippen LogP contribution in [0.5, 0.6) is 0 Å². The molecule has 2 rings (SSSR count). The molecule has 1 atom stereocenters. The Hall–Kier alpha value is -1.33. The Morgan fingerprint density at radius 1 is 1.30 bits per heavy atom. The van der Waals surface area contributed by atoms with E-state index in [2.05, 4.69) is 59.3 Å². The highest BCUT2D eigenvalue weighted by Gasteiger charge is 2.12. The quantitative estimate of drug-likeness (QED) is 0.734. The van der Waals surface area contributed by atoms with E-state index in [1.54, 1.807) is 6.33 Å². The average Bonchev–Trinajstić information content (AvgIpc) is 2.85. The van der Waals surface area contributed by atoms with E-state index in [-0.39, 0.29) is 0 Å². The van der Waals surface area contributed by atoms with Gasteiger partial charge in [0.15, 0.2) is 0 Å². The summed E-state index contributed by atoms with van der Waals surface area (Å²) in [4.78, 5) is 7.94. The highest BCUT2D eigenvalue weighted by molar-refractivity contribution is 7.99. The number of thioether (sulfide) groups is 1. The monoisotopic (exact) mass is 290 g/mol. The van der Waals surface area contributed by atoms with Gasteiger partial charge in [-0.3, -0.25) is 9.58 Å². The Morgan fingerprint density at radius 3 is 2.70 bits per heavy atom. The average molecular weight is 290 g/mol. The summed E-state index contributed by atoms with van der Waals surface area (Å²) in [5.41, 5.74) is 0. The van der Waals surface area contributed by atoms with Gasteiger partial charge >= 0.3 is 0 Å². The zero-order chi connectivity index (χ0) is 14.4. The third-order valence-electron chi connectivity index (χ3n) is 3.50. The predicted molar refractivity (Wildman–Crippen MR) is 83.7 cm³/mol. The minimum Gasteiger partial charge on any atom is -0.296 e. The molecule has 1 heterocycles. The van der Waals surface area contributed by atoms with E-state index in [9.17, 15) is 0 Å². The Balaban J connectivity index is 1.74. The van der Waals surface area contributed by atoms with Crippen molar-refractivity contribution in [3.8, 4) is 0 Å². The van der Waals surface area contributed by atoms with Crippen LogP contribution in [0.25, 0.3) is 0 Å². The molecule has 0 radical (unpaired) electrons. The molecule has 0 aliphatic heterocycles. The van der Waals surface area contributed by atoms with Gasteiger partial charge in [0, 0.05) is 18.0 Å². The minimum atomic E-state index is 0.530. The molecule has 20 heavy (non-hydrogen) atoms. The second-order valence-electron chi connectivity index (χ2n) is 5.01. The largest absolute Gasteiger partial charge is 0.296 e. The van der Waals surface area contributed by atoms with E-state index in [4.69, 9.17) is 0 Å². The number of rotatable bonds is 7. The summed E-state index contributed by atoms with van der Waals surface area (Å²) in [6.07, 6.45) is 2.77. The van der Waals surface area contributed by atoms with Crippen LogP contribution in [-0.2, 0) is 13.6 Å². The highest BCUT2D eigenvalue weighted by atomic mass is 32.2. The molecule has 0 aliphatic rings. The van der Waals surface area contributed by atoms with Crippen molar-refractivity contribution in [2.45, 2.75) is 30.8 Å². The van der Waals surface area contributed by atoms with Gasteiger partial charge in [-0.2, -0.15) is 5.10 Å². The molecule has 1 unspecified atom stereocenters. The lowest BCUT2D eigenvalue weighted by molar-refractivity contribution is 0.236. The second kappa shape index (κ2) is 7.45. The van der Waals surface area contributed by atoms with Crippen molar-refractivity contribution >= 4 is 11.8 Å². The first-order valence-electron chi connectivity index (χ1n) is 6.88. The van der Waals surface area contributed by atoms with Crippen LogP contribution in [0.1, 0.15) is 19.2 Å². The molecule has 1 aromatic heterocycles. The number of aromatic nitrogens is 3. The van der Waals surface area contributed by atoms with E-state index in [0.717, 1.165) is 24.5 Å². The van der Waals surface area contributed by atoms with Gasteiger partial charge in [0.2, 0.25) is 0 Å². The number of benzene rings is 1. The maximum atomic E-state index is 4.27. The van der Waals surface area contributed by atoms with E-state index >= 15 is 0 Å². The molecular weight excluding hydrogens is 268 g/mol. The van der Waals surface area contributed by atoms with Crippen molar-refractivity contribution < 1.29 is 0 Å².